The van der Waals surface area contributed by atoms with Gasteiger partial charge in [-0.2, -0.15) is 10.1 Å². The third-order valence-electron chi connectivity index (χ3n) is 3.72. The van der Waals surface area contributed by atoms with Crippen LogP contribution in [0.2, 0.25) is 0 Å². The molecular weight excluding hydrogens is 266 g/mol. The summed E-state index contributed by atoms with van der Waals surface area (Å²) in [6, 6.07) is 6.21. The van der Waals surface area contributed by atoms with E-state index in [1.165, 1.54) is 5.56 Å². The number of hydrogen-bond acceptors (Lipinski definition) is 5. The van der Waals surface area contributed by atoms with Gasteiger partial charge >= 0.3 is 0 Å². The molecule has 0 fully saturated rings. The Bertz CT molecular complexity index is 811. The summed E-state index contributed by atoms with van der Waals surface area (Å²) in [4.78, 5) is 8.98. The van der Waals surface area contributed by atoms with E-state index in [-0.39, 0.29) is 0 Å². The van der Waals surface area contributed by atoms with E-state index in [9.17, 15) is 0 Å². The minimum atomic E-state index is 0.565. The predicted molar refractivity (Wildman–Crippen MR) is 80.5 cm³/mol. The summed E-state index contributed by atoms with van der Waals surface area (Å²) >= 11 is 0. The van der Waals surface area contributed by atoms with E-state index < -0.39 is 0 Å². The second kappa shape index (κ2) is 4.73. The lowest BCUT2D eigenvalue weighted by molar-refractivity contribution is 0.289. The Balaban J connectivity index is 2.00. The van der Waals surface area contributed by atoms with Crippen LogP contribution in [0.5, 0.6) is 5.75 Å². The van der Waals surface area contributed by atoms with E-state index >= 15 is 0 Å². The predicted octanol–water partition coefficient (Wildman–Crippen LogP) is 2.39. The zero-order valence-corrected chi connectivity index (χ0v) is 11.7. The molecular formula is C15H15N5O. The maximum atomic E-state index is 5.90. The Labute approximate surface area is 121 Å². The first-order valence-electron chi connectivity index (χ1n) is 7.01. The van der Waals surface area contributed by atoms with Gasteiger partial charge in [-0.05, 0) is 24.5 Å². The van der Waals surface area contributed by atoms with Crippen LogP contribution in [0, 0.1) is 0 Å². The van der Waals surface area contributed by atoms with Crippen molar-refractivity contribution in [3.05, 3.63) is 30.0 Å². The standard InChI is InChI=1S/C15H15N5O/c1-16-15-18-12(11-8-17-20-14(11)19-15)10-6-2-4-9-5-3-7-21-13(9)10/h2,4,6,8H,3,5,7H2,1H3,(H2,16,17,18,19,20). The van der Waals surface area contributed by atoms with E-state index in [1.54, 1.807) is 13.2 Å². The molecule has 1 aromatic carbocycles. The van der Waals surface area contributed by atoms with Crippen LogP contribution in [0.1, 0.15) is 12.0 Å². The average molecular weight is 281 g/mol. The second-order valence-electron chi connectivity index (χ2n) is 5.02. The van der Waals surface area contributed by atoms with Gasteiger partial charge in [-0.1, -0.05) is 12.1 Å². The molecule has 2 aromatic heterocycles. The Hall–Kier alpha value is -2.63. The van der Waals surface area contributed by atoms with Gasteiger partial charge in [0.05, 0.1) is 23.9 Å². The van der Waals surface area contributed by atoms with Crippen LogP contribution in [0.3, 0.4) is 0 Å². The summed E-state index contributed by atoms with van der Waals surface area (Å²) in [5.74, 6) is 1.50. The molecule has 0 atom stereocenters. The number of anilines is 1. The molecule has 0 spiro atoms. The minimum Gasteiger partial charge on any atom is -0.493 e. The van der Waals surface area contributed by atoms with Crippen LogP contribution in [-0.4, -0.2) is 33.8 Å². The summed E-state index contributed by atoms with van der Waals surface area (Å²) < 4.78 is 5.90. The molecule has 0 aliphatic carbocycles. The van der Waals surface area contributed by atoms with E-state index in [2.05, 4.69) is 37.6 Å². The highest BCUT2D eigenvalue weighted by Crippen LogP contribution is 2.38. The van der Waals surface area contributed by atoms with Crippen molar-refractivity contribution in [2.45, 2.75) is 12.8 Å². The molecule has 0 unspecified atom stereocenters. The molecule has 3 aromatic rings. The number of hydrogen-bond donors (Lipinski definition) is 2. The van der Waals surface area contributed by atoms with Crippen LogP contribution in [-0.2, 0) is 6.42 Å². The summed E-state index contributed by atoms with van der Waals surface area (Å²) in [5.41, 5.74) is 3.80. The summed E-state index contributed by atoms with van der Waals surface area (Å²) in [6.45, 7) is 0.752. The first-order chi connectivity index (χ1) is 10.4. The second-order valence-corrected chi connectivity index (χ2v) is 5.02. The third kappa shape index (κ3) is 1.91. The smallest absolute Gasteiger partial charge is 0.225 e. The number of H-pyrrole nitrogens is 1. The molecule has 0 amide bonds. The maximum Gasteiger partial charge on any atom is 0.225 e. The molecule has 1 aliphatic rings. The molecule has 21 heavy (non-hydrogen) atoms. The number of nitrogens with zero attached hydrogens (tertiary/aromatic N) is 3. The number of nitrogens with one attached hydrogen (secondary N) is 2. The van der Waals surface area contributed by atoms with Crippen molar-refractivity contribution in [1.29, 1.82) is 0 Å². The molecule has 0 bridgehead atoms. The van der Waals surface area contributed by atoms with Crippen molar-refractivity contribution in [3.63, 3.8) is 0 Å². The number of aromatic nitrogens is 4. The quantitative estimate of drug-likeness (QED) is 0.754. The van der Waals surface area contributed by atoms with Crippen LogP contribution < -0.4 is 10.1 Å². The Morgan fingerprint density at radius 2 is 2.24 bits per heavy atom. The van der Waals surface area contributed by atoms with Crippen molar-refractivity contribution in [2.24, 2.45) is 0 Å². The number of ether oxygens (including phenoxy) is 1. The molecule has 6 nitrogen and oxygen atoms in total. The van der Waals surface area contributed by atoms with Gasteiger partial charge in [0.1, 0.15) is 5.75 Å². The number of aryl methyl sites for hydroxylation is 1. The van der Waals surface area contributed by atoms with Gasteiger partial charge in [0.15, 0.2) is 5.65 Å². The van der Waals surface area contributed by atoms with Crippen molar-refractivity contribution < 1.29 is 4.74 Å². The zero-order valence-electron chi connectivity index (χ0n) is 11.7. The van der Waals surface area contributed by atoms with Crippen molar-refractivity contribution in [2.75, 3.05) is 19.0 Å². The number of para-hydroxylation sites is 1. The average Bonchev–Trinajstić information content (AvgIpc) is 3.02. The van der Waals surface area contributed by atoms with E-state index in [0.29, 0.717) is 5.95 Å². The SMILES string of the molecule is CNc1nc(-c2cccc3c2OCCC3)c2cn[nH]c2n1. The van der Waals surface area contributed by atoms with E-state index in [0.717, 1.165) is 47.5 Å². The maximum absolute atomic E-state index is 5.90. The minimum absolute atomic E-state index is 0.565. The molecule has 106 valence electrons. The largest absolute Gasteiger partial charge is 0.493 e. The van der Waals surface area contributed by atoms with Gasteiger partial charge in [0.25, 0.3) is 0 Å². The van der Waals surface area contributed by atoms with Gasteiger partial charge in [-0.15, -0.1) is 0 Å². The number of fused-ring (bicyclic) bond motifs is 2. The Morgan fingerprint density at radius 1 is 1.29 bits per heavy atom. The van der Waals surface area contributed by atoms with Crippen LogP contribution >= 0.6 is 0 Å². The molecule has 6 heteroatoms. The van der Waals surface area contributed by atoms with Gasteiger partial charge in [0, 0.05) is 12.6 Å². The monoisotopic (exact) mass is 281 g/mol. The van der Waals surface area contributed by atoms with Gasteiger partial charge in [-0.25, -0.2) is 4.98 Å². The summed E-state index contributed by atoms with van der Waals surface area (Å²) in [5, 5.41) is 10.9. The molecule has 0 saturated heterocycles. The number of benzene rings is 1. The molecule has 3 heterocycles. The summed E-state index contributed by atoms with van der Waals surface area (Å²) in [7, 11) is 1.80. The first kappa shape index (κ1) is 12.1. The fourth-order valence-corrected chi connectivity index (χ4v) is 2.73. The fourth-order valence-electron chi connectivity index (χ4n) is 2.73. The topological polar surface area (TPSA) is 75.7 Å². The molecule has 2 N–H and O–H groups in total. The zero-order chi connectivity index (χ0) is 14.2. The highest BCUT2D eigenvalue weighted by molar-refractivity contribution is 5.92. The lowest BCUT2D eigenvalue weighted by atomic mass is 9.99. The van der Waals surface area contributed by atoms with Crippen molar-refractivity contribution in [3.8, 4) is 17.0 Å². The molecule has 4 rings (SSSR count). The van der Waals surface area contributed by atoms with Gasteiger partial charge < -0.3 is 10.1 Å². The summed E-state index contributed by atoms with van der Waals surface area (Å²) in [6.07, 6.45) is 3.86. The van der Waals surface area contributed by atoms with Crippen molar-refractivity contribution in [1.82, 2.24) is 20.2 Å². The highest BCUT2D eigenvalue weighted by atomic mass is 16.5. The van der Waals surface area contributed by atoms with Crippen LogP contribution in [0.4, 0.5) is 5.95 Å². The van der Waals surface area contributed by atoms with E-state index in [1.807, 2.05) is 6.07 Å². The van der Waals surface area contributed by atoms with Gasteiger partial charge in [0.2, 0.25) is 5.95 Å². The van der Waals surface area contributed by atoms with Crippen molar-refractivity contribution >= 4 is 17.0 Å². The lowest BCUT2D eigenvalue weighted by Crippen LogP contribution is -2.09. The Morgan fingerprint density at radius 3 is 3.14 bits per heavy atom. The first-order valence-corrected chi connectivity index (χ1v) is 7.01. The molecule has 0 radical (unpaired) electrons. The third-order valence-corrected chi connectivity index (χ3v) is 3.72. The molecule has 1 aliphatic heterocycles. The van der Waals surface area contributed by atoms with Crippen LogP contribution in [0.15, 0.2) is 24.4 Å². The van der Waals surface area contributed by atoms with Gasteiger partial charge in [-0.3, -0.25) is 5.10 Å². The van der Waals surface area contributed by atoms with Crippen LogP contribution in [0.25, 0.3) is 22.3 Å². The number of aromatic amines is 1. The lowest BCUT2D eigenvalue weighted by Gasteiger charge is -2.20. The molecule has 0 saturated carbocycles. The Kier molecular flexibility index (Phi) is 2.73. The fraction of sp³-hybridized carbons (Fsp3) is 0.267. The normalized spacial score (nSPS) is 13.8. The number of rotatable bonds is 2. The van der Waals surface area contributed by atoms with E-state index in [4.69, 9.17) is 4.74 Å². The highest BCUT2D eigenvalue weighted by Gasteiger charge is 2.19.